The molecule has 4 rings (SSSR count). The molecule has 0 saturated carbocycles. The van der Waals surface area contributed by atoms with Gasteiger partial charge in [0.25, 0.3) is 0 Å². The van der Waals surface area contributed by atoms with Crippen molar-refractivity contribution < 1.29 is 13.2 Å². The number of sulfone groups is 1. The van der Waals surface area contributed by atoms with Crippen LogP contribution in [0.1, 0.15) is 12.0 Å². The summed E-state index contributed by atoms with van der Waals surface area (Å²) in [7, 11) is -3.10. The van der Waals surface area contributed by atoms with E-state index in [9.17, 15) is 13.2 Å². The average Bonchev–Trinajstić information content (AvgIpc) is 3.12. The maximum atomic E-state index is 12.5. The minimum absolute atomic E-state index is 0.0487. The lowest BCUT2D eigenvalue weighted by Crippen LogP contribution is -2.37. The molecule has 0 aliphatic carbocycles. The molecule has 0 bridgehead atoms. The predicted octanol–water partition coefficient (Wildman–Crippen LogP) is 3.57. The third kappa shape index (κ3) is 4.11. The first-order valence-corrected chi connectivity index (χ1v) is 12.1. The summed E-state index contributed by atoms with van der Waals surface area (Å²) in [5.41, 5.74) is 1.77. The van der Waals surface area contributed by atoms with Gasteiger partial charge in [0.1, 0.15) is 0 Å². The smallest absolute Gasteiger partial charge is 0.248 e. The molecule has 0 N–H and O–H groups in total. The van der Waals surface area contributed by atoms with Crippen LogP contribution in [0.3, 0.4) is 0 Å². The van der Waals surface area contributed by atoms with E-state index in [0.29, 0.717) is 28.7 Å². The Kier molecular flexibility index (Phi) is 5.49. The number of nitrogens with zero attached hydrogens (tertiary/aromatic N) is 2. The average molecular weight is 435 g/mol. The number of aryl methyl sites for hydroxylation is 1. The Balaban J connectivity index is 1.59. The third-order valence-electron chi connectivity index (χ3n) is 4.87. The number of hydrogen-bond donors (Lipinski definition) is 0. The molecular weight excluding hydrogens is 416 g/mol. The van der Waals surface area contributed by atoms with Crippen LogP contribution in [0.5, 0.6) is 0 Å². The zero-order valence-corrected chi connectivity index (χ0v) is 17.4. The van der Waals surface area contributed by atoms with Crippen molar-refractivity contribution in [2.75, 3.05) is 16.4 Å². The van der Waals surface area contributed by atoms with Crippen molar-refractivity contribution in [3.05, 3.63) is 65.2 Å². The number of hydrogen-bond acceptors (Lipinski definition) is 4. The zero-order chi connectivity index (χ0) is 19.7. The van der Waals surface area contributed by atoms with E-state index in [4.69, 9.17) is 11.6 Å². The van der Waals surface area contributed by atoms with Crippen LogP contribution in [0.15, 0.2) is 59.6 Å². The van der Waals surface area contributed by atoms with Crippen molar-refractivity contribution >= 4 is 50.0 Å². The van der Waals surface area contributed by atoms with E-state index in [1.54, 1.807) is 6.07 Å². The van der Waals surface area contributed by atoms with Gasteiger partial charge in [-0.3, -0.25) is 4.79 Å². The van der Waals surface area contributed by atoms with E-state index in [-0.39, 0.29) is 28.7 Å². The number of carbonyl (C=O) groups excluding carboxylic acids is 1. The molecule has 0 aromatic heterocycles. The summed E-state index contributed by atoms with van der Waals surface area (Å²) in [4.78, 5) is 18.7. The Morgan fingerprint density at radius 1 is 1.11 bits per heavy atom. The van der Waals surface area contributed by atoms with E-state index >= 15 is 0 Å². The number of carbonyl (C=O) groups is 1. The van der Waals surface area contributed by atoms with Gasteiger partial charge in [0.05, 0.1) is 28.3 Å². The molecule has 2 saturated heterocycles. The van der Waals surface area contributed by atoms with Crippen LogP contribution in [-0.2, 0) is 21.1 Å². The lowest BCUT2D eigenvalue weighted by Gasteiger charge is -2.25. The van der Waals surface area contributed by atoms with E-state index < -0.39 is 9.84 Å². The summed E-state index contributed by atoms with van der Waals surface area (Å²) in [6.45, 7) is 0. The fraction of sp³-hybridized carbons (Fsp3) is 0.300. The molecule has 2 aliphatic heterocycles. The largest absolute Gasteiger partial charge is 0.314 e. The standard InChI is InChI=1S/C20H19ClN2O3S2/c21-15-8-4-5-9-16(15)23-17-12-28(25,26)13-18(17)27-20(23)22-19(24)11-10-14-6-2-1-3-7-14/h1-9,17-18H,10-13H2/t17-,18-/m0/s1. The number of benzene rings is 2. The van der Waals surface area contributed by atoms with Crippen LogP contribution < -0.4 is 4.90 Å². The maximum Gasteiger partial charge on any atom is 0.248 e. The summed E-state index contributed by atoms with van der Waals surface area (Å²) in [5, 5.41) is 0.912. The second-order valence-electron chi connectivity index (χ2n) is 6.90. The zero-order valence-electron chi connectivity index (χ0n) is 15.0. The van der Waals surface area contributed by atoms with Gasteiger partial charge in [-0.25, -0.2) is 8.42 Å². The Morgan fingerprint density at radius 2 is 1.82 bits per heavy atom. The monoisotopic (exact) mass is 434 g/mol. The quantitative estimate of drug-likeness (QED) is 0.735. The molecule has 2 fully saturated rings. The number of anilines is 1. The molecule has 0 spiro atoms. The van der Waals surface area contributed by atoms with Gasteiger partial charge < -0.3 is 4.90 Å². The number of fused-ring (bicyclic) bond motifs is 1. The highest BCUT2D eigenvalue weighted by molar-refractivity contribution is 8.16. The minimum atomic E-state index is -3.10. The predicted molar refractivity (Wildman–Crippen MR) is 115 cm³/mol. The molecular formula is C20H19ClN2O3S2. The van der Waals surface area contributed by atoms with E-state index in [0.717, 1.165) is 5.56 Å². The van der Waals surface area contributed by atoms with Crippen LogP contribution in [-0.4, -0.2) is 42.3 Å². The second kappa shape index (κ2) is 7.89. The van der Waals surface area contributed by atoms with Gasteiger partial charge in [-0.15, -0.1) is 0 Å². The van der Waals surface area contributed by atoms with Gasteiger partial charge in [-0.1, -0.05) is 65.8 Å². The fourth-order valence-electron chi connectivity index (χ4n) is 3.55. The topological polar surface area (TPSA) is 66.8 Å². The maximum absolute atomic E-state index is 12.5. The van der Waals surface area contributed by atoms with Gasteiger partial charge in [-0.05, 0) is 24.1 Å². The van der Waals surface area contributed by atoms with Crippen molar-refractivity contribution in [2.45, 2.75) is 24.1 Å². The summed E-state index contributed by atoms with van der Waals surface area (Å²) in [6, 6.07) is 16.8. The SMILES string of the molecule is O=C(CCc1ccccc1)N=C1S[C@H]2CS(=O)(=O)C[C@@H]2N1c1ccccc1Cl. The summed E-state index contributed by atoms with van der Waals surface area (Å²) in [6.07, 6.45) is 0.923. The number of thioether (sulfide) groups is 1. The van der Waals surface area contributed by atoms with E-state index in [1.165, 1.54) is 11.8 Å². The van der Waals surface area contributed by atoms with E-state index in [1.807, 2.05) is 53.4 Å². The first-order chi connectivity index (χ1) is 13.4. The van der Waals surface area contributed by atoms with E-state index in [2.05, 4.69) is 4.99 Å². The molecule has 146 valence electrons. The molecule has 5 nitrogen and oxygen atoms in total. The molecule has 2 atom stereocenters. The lowest BCUT2D eigenvalue weighted by atomic mass is 10.1. The third-order valence-corrected chi connectivity index (χ3v) is 8.40. The highest BCUT2D eigenvalue weighted by Gasteiger charge is 2.49. The molecule has 2 aliphatic rings. The number of rotatable bonds is 4. The van der Waals surface area contributed by atoms with Crippen LogP contribution in [0.4, 0.5) is 5.69 Å². The number of para-hydroxylation sites is 1. The minimum Gasteiger partial charge on any atom is -0.314 e. The summed E-state index contributed by atoms with van der Waals surface area (Å²) in [5.74, 6) is -0.0700. The molecule has 0 unspecified atom stereocenters. The number of amides is 1. The molecule has 2 aromatic rings. The Hall–Kier alpha value is -1.83. The first-order valence-electron chi connectivity index (χ1n) is 8.99. The Bertz CT molecular complexity index is 1020. The number of halogens is 1. The van der Waals surface area contributed by atoms with Crippen molar-refractivity contribution in [3.63, 3.8) is 0 Å². The highest BCUT2D eigenvalue weighted by Crippen LogP contribution is 2.42. The Labute approximate surface area is 173 Å². The molecule has 2 aromatic carbocycles. The van der Waals surface area contributed by atoms with Gasteiger partial charge >= 0.3 is 0 Å². The first kappa shape index (κ1) is 19.5. The van der Waals surface area contributed by atoms with Crippen LogP contribution in [0.2, 0.25) is 5.02 Å². The van der Waals surface area contributed by atoms with Crippen molar-refractivity contribution in [1.82, 2.24) is 0 Å². The van der Waals surface area contributed by atoms with Gasteiger partial charge in [0, 0.05) is 11.7 Å². The fourth-order valence-corrected chi connectivity index (χ4v) is 7.70. The van der Waals surface area contributed by atoms with Gasteiger partial charge in [0.15, 0.2) is 15.0 Å². The van der Waals surface area contributed by atoms with Crippen molar-refractivity contribution in [2.24, 2.45) is 4.99 Å². The molecule has 28 heavy (non-hydrogen) atoms. The summed E-state index contributed by atoms with van der Waals surface area (Å²) < 4.78 is 24.2. The molecule has 1 amide bonds. The summed E-state index contributed by atoms with van der Waals surface area (Å²) >= 11 is 7.73. The van der Waals surface area contributed by atoms with Gasteiger partial charge in [0.2, 0.25) is 5.91 Å². The number of aliphatic imine (C=N–C) groups is 1. The molecule has 0 radical (unpaired) electrons. The van der Waals surface area contributed by atoms with Gasteiger partial charge in [-0.2, -0.15) is 4.99 Å². The Morgan fingerprint density at radius 3 is 2.57 bits per heavy atom. The van der Waals surface area contributed by atoms with Crippen molar-refractivity contribution in [1.29, 1.82) is 0 Å². The lowest BCUT2D eigenvalue weighted by molar-refractivity contribution is -0.117. The second-order valence-corrected chi connectivity index (χ2v) is 10.7. The van der Waals surface area contributed by atoms with Crippen LogP contribution in [0, 0.1) is 0 Å². The van der Waals surface area contributed by atoms with Crippen LogP contribution in [0.25, 0.3) is 0 Å². The number of amidine groups is 1. The normalized spacial score (nSPS) is 24.5. The highest BCUT2D eigenvalue weighted by atomic mass is 35.5. The van der Waals surface area contributed by atoms with Crippen molar-refractivity contribution in [3.8, 4) is 0 Å². The molecule has 2 heterocycles. The van der Waals surface area contributed by atoms with Crippen LogP contribution >= 0.6 is 23.4 Å². The molecule has 8 heteroatoms.